The molecule has 0 fully saturated rings. The molecule has 0 unspecified atom stereocenters. The number of aromatic nitrogens is 2. The lowest BCUT2D eigenvalue weighted by molar-refractivity contribution is 0.0951. The van der Waals surface area contributed by atoms with Gasteiger partial charge in [0.1, 0.15) is 0 Å². The Hall–Kier alpha value is -3.41. The van der Waals surface area contributed by atoms with Crippen molar-refractivity contribution in [1.82, 2.24) is 15.1 Å². The summed E-state index contributed by atoms with van der Waals surface area (Å²) < 4.78 is 1.88. The van der Waals surface area contributed by atoms with Crippen molar-refractivity contribution < 1.29 is 4.79 Å². The fourth-order valence-electron chi connectivity index (χ4n) is 3.18. The summed E-state index contributed by atoms with van der Waals surface area (Å²) >= 11 is 0. The van der Waals surface area contributed by atoms with Gasteiger partial charge < -0.3 is 5.32 Å². The lowest BCUT2D eigenvalue weighted by Crippen LogP contribution is -2.22. The van der Waals surface area contributed by atoms with E-state index in [1.165, 1.54) is 5.56 Å². The second-order valence-electron chi connectivity index (χ2n) is 6.97. The van der Waals surface area contributed by atoms with E-state index in [9.17, 15) is 4.79 Å². The van der Waals surface area contributed by atoms with Crippen LogP contribution >= 0.6 is 0 Å². The molecule has 0 spiro atoms. The number of hydrogen-bond acceptors (Lipinski definition) is 4. The molecule has 1 aliphatic rings. The van der Waals surface area contributed by atoms with Gasteiger partial charge in [0.2, 0.25) is 0 Å². The van der Waals surface area contributed by atoms with E-state index in [2.05, 4.69) is 27.6 Å². The minimum atomic E-state index is -0.0940. The van der Waals surface area contributed by atoms with Crippen LogP contribution in [0.2, 0.25) is 0 Å². The van der Waals surface area contributed by atoms with E-state index in [0.29, 0.717) is 18.7 Å². The van der Waals surface area contributed by atoms with Crippen molar-refractivity contribution in [2.45, 2.75) is 26.4 Å². The summed E-state index contributed by atoms with van der Waals surface area (Å²) in [6.45, 7) is 4.09. The molecule has 0 aliphatic carbocycles. The molecule has 0 saturated heterocycles. The molecule has 1 N–H and O–H groups in total. The minimum absolute atomic E-state index is 0.0940. The van der Waals surface area contributed by atoms with Gasteiger partial charge in [-0.2, -0.15) is 10.2 Å². The van der Waals surface area contributed by atoms with E-state index < -0.39 is 0 Å². The monoisotopic (exact) mass is 373 g/mol. The molecule has 3 aromatic rings. The first-order valence-corrected chi connectivity index (χ1v) is 9.42. The smallest absolute Gasteiger partial charge is 0.251 e. The zero-order valence-electron chi connectivity index (χ0n) is 15.9. The fourth-order valence-corrected chi connectivity index (χ4v) is 3.18. The predicted molar refractivity (Wildman–Crippen MR) is 110 cm³/mol. The highest BCUT2D eigenvalue weighted by Crippen LogP contribution is 2.19. The van der Waals surface area contributed by atoms with E-state index in [1.807, 2.05) is 65.3 Å². The van der Waals surface area contributed by atoms with Crippen molar-refractivity contribution in [2.75, 3.05) is 11.6 Å². The van der Waals surface area contributed by atoms with Crippen LogP contribution in [-0.4, -0.2) is 27.9 Å². The van der Waals surface area contributed by atoms with Gasteiger partial charge in [-0.05, 0) is 36.8 Å². The molecule has 1 aromatic heterocycles. The van der Waals surface area contributed by atoms with Gasteiger partial charge in [0.05, 0.1) is 18.4 Å². The second kappa shape index (κ2) is 8.08. The quantitative estimate of drug-likeness (QED) is 0.720. The first kappa shape index (κ1) is 18.0. The Morgan fingerprint density at radius 1 is 1.07 bits per heavy atom. The van der Waals surface area contributed by atoms with Crippen LogP contribution < -0.4 is 10.3 Å². The third-order valence-electron chi connectivity index (χ3n) is 4.73. The van der Waals surface area contributed by atoms with Crippen LogP contribution in [0.15, 0.2) is 72.1 Å². The summed E-state index contributed by atoms with van der Waals surface area (Å²) in [5, 5.41) is 13.8. The van der Waals surface area contributed by atoms with Crippen LogP contribution in [0.5, 0.6) is 0 Å². The van der Waals surface area contributed by atoms with Gasteiger partial charge in [0.15, 0.2) is 0 Å². The Morgan fingerprint density at radius 2 is 1.86 bits per heavy atom. The van der Waals surface area contributed by atoms with Crippen molar-refractivity contribution in [3.8, 4) is 0 Å². The van der Waals surface area contributed by atoms with E-state index in [0.717, 1.165) is 29.9 Å². The van der Waals surface area contributed by atoms with Gasteiger partial charge in [0.25, 0.3) is 5.91 Å². The number of carbonyl (C=O) groups excluding carboxylic acids is 1. The molecule has 0 saturated carbocycles. The third kappa shape index (κ3) is 4.28. The summed E-state index contributed by atoms with van der Waals surface area (Å²) in [5.41, 5.74) is 4.95. The molecule has 1 amide bonds. The number of rotatable bonds is 6. The van der Waals surface area contributed by atoms with Crippen LogP contribution in [0.25, 0.3) is 0 Å². The zero-order valence-corrected chi connectivity index (χ0v) is 15.9. The van der Waals surface area contributed by atoms with Gasteiger partial charge in [-0.3, -0.25) is 14.5 Å². The molecule has 6 heteroatoms. The topological polar surface area (TPSA) is 62.5 Å². The van der Waals surface area contributed by atoms with Crippen LogP contribution in [0.4, 0.5) is 5.69 Å². The number of anilines is 1. The van der Waals surface area contributed by atoms with E-state index in [1.54, 1.807) is 6.20 Å². The summed E-state index contributed by atoms with van der Waals surface area (Å²) in [7, 11) is 0. The van der Waals surface area contributed by atoms with Gasteiger partial charge in [-0.15, -0.1) is 0 Å². The molecule has 0 atom stereocenters. The molecule has 1 aliphatic heterocycles. The minimum Gasteiger partial charge on any atom is -0.348 e. The summed E-state index contributed by atoms with van der Waals surface area (Å²) in [6.07, 6.45) is 4.74. The second-order valence-corrected chi connectivity index (χ2v) is 6.97. The summed E-state index contributed by atoms with van der Waals surface area (Å²) in [4.78, 5) is 12.4. The number of hydrogen-bond donors (Lipinski definition) is 1. The number of amides is 1. The number of carbonyl (C=O) groups is 1. The highest BCUT2D eigenvalue weighted by molar-refractivity contribution is 5.94. The van der Waals surface area contributed by atoms with Gasteiger partial charge >= 0.3 is 0 Å². The average molecular weight is 373 g/mol. The fraction of sp³-hybridized carbons (Fsp3) is 0.227. The van der Waals surface area contributed by atoms with Gasteiger partial charge in [-0.1, -0.05) is 30.3 Å². The zero-order chi connectivity index (χ0) is 19.3. The number of benzene rings is 2. The lowest BCUT2D eigenvalue weighted by atomic mass is 10.2. The standard InChI is InChI=1S/C22H23N5O/c1-17-11-12-27(25-17)21-9-7-20(8-10-21)22(28)23-13-19-14-24-26(16-19)15-18-5-3-2-4-6-18/h2-10,14,16H,11-13,15H2,1H3,(H,23,28). The Kier molecular flexibility index (Phi) is 5.19. The van der Waals surface area contributed by atoms with Crippen LogP contribution in [0.1, 0.15) is 34.8 Å². The maximum atomic E-state index is 12.4. The normalized spacial score (nSPS) is 13.5. The number of nitrogens with one attached hydrogen (secondary N) is 1. The van der Waals surface area contributed by atoms with Crippen molar-refractivity contribution in [2.24, 2.45) is 5.10 Å². The first-order chi connectivity index (χ1) is 13.7. The highest BCUT2D eigenvalue weighted by Gasteiger charge is 2.13. The SMILES string of the molecule is CC1=NN(c2ccc(C(=O)NCc3cnn(Cc4ccccc4)c3)cc2)CC1. The van der Waals surface area contributed by atoms with Crippen LogP contribution in [-0.2, 0) is 13.1 Å². The molecule has 2 heterocycles. The molecule has 28 heavy (non-hydrogen) atoms. The van der Waals surface area contributed by atoms with Crippen molar-refractivity contribution in [3.05, 3.63) is 83.7 Å². The predicted octanol–water partition coefficient (Wildman–Crippen LogP) is 3.45. The Balaban J connectivity index is 1.32. The number of hydrazone groups is 1. The summed E-state index contributed by atoms with van der Waals surface area (Å²) in [5.74, 6) is -0.0940. The van der Waals surface area contributed by atoms with E-state index in [4.69, 9.17) is 0 Å². The molecule has 0 radical (unpaired) electrons. The number of nitrogens with zero attached hydrogens (tertiary/aromatic N) is 4. The molecular weight excluding hydrogens is 350 g/mol. The Morgan fingerprint density at radius 3 is 2.57 bits per heavy atom. The lowest BCUT2D eigenvalue weighted by Gasteiger charge is -2.13. The maximum Gasteiger partial charge on any atom is 0.251 e. The van der Waals surface area contributed by atoms with Crippen molar-refractivity contribution in [3.63, 3.8) is 0 Å². The largest absolute Gasteiger partial charge is 0.348 e. The Bertz CT molecular complexity index is 976. The maximum absolute atomic E-state index is 12.4. The molecule has 6 nitrogen and oxygen atoms in total. The molecule has 0 bridgehead atoms. The van der Waals surface area contributed by atoms with E-state index in [-0.39, 0.29) is 5.91 Å². The van der Waals surface area contributed by atoms with Gasteiger partial charge in [-0.25, -0.2) is 0 Å². The molecule has 2 aromatic carbocycles. The average Bonchev–Trinajstić information content (AvgIpc) is 3.36. The third-order valence-corrected chi connectivity index (χ3v) is 4.73. The van der Waals surface area contributed by atoms with E-state index >= 15 is 0 Å². The molecular formula is C22H23N5O. The highest BCUT2D eigenvalue weighted by atomic mass is 16.1. The first-order valence-electron chi connectivity index (χ1n) is 9.42. The molecule has 4 rings (SSSR count). The Labute approximate surface area is 164 Å². The van der Waals surface area contributed by atoms with Gasteiger partial charge in [0, 0.05) is 42.5 Å². The van der Waals surface area contributed by atoms with Crippen LogP contribution in [0.3, 0.4) is 0 Å². The van der Waals surface area contributed by atoms with Crippen LogP contribution in [0, 0.1) is 0 Å². The molecule has 142 valence electrons. The summed E-state index contributed by atoms with van der Waals surface area (Å²) in [6, 6.07) is 17.7. The van der Waals surface area contributed by atoms with Crippen molar-refractivity contribution in [1.29, 1.82) is 0 Å². The van der Waals surface area contributed by atoms with Crippen molar-refractivity contribution >= 4 is 17.3 Å².